The maximum Gasteiger partial charge on any atom is 0.191 e. The Morgan fingerprint density at radius 1 is 1.21 bits per heavy atom. The van der Waals surface area contributed by atoms with Gasteiger partial charge in [-0.1, -0.05) is 20.8 Å². The Bertz CT molecular complexity index is 386. The fraction of sp³-hybridized carbons (Fsp3) is 0.583. The molecule has 1 rings (SSSR count). The molecule has 1 aromatic heterocycles. The molecule has 0 N–H and O–H groups in total. The Morgan fingerprint density at radius 2 is 1.79 bits per heavy atom. The fourth-order valence-electron chi connectivity index (χ4n) is 1.69. The highest BCUT2D eigenvalue weighted by molar-refractivity contribution is 5.27. The van der Waals surface area contributed by atoms with Gasteiger partial charge in [-0.15, -0.1) is 0 Å². The van der Waals surface area contributed by atoms with E-state index in [0.717, 1.165) is 29.1 Å². The summed E-state index contributed by atoms with van der Waals surface area (Å²) in [6.07, 6.45) is 0.779. The average Bonchev–Trinajstić information content (AvgIpc) is 2.14. The van der Waals surface area contributed by atoms with Crippen LogP contribution in [0.25, 0.3) is 0 Å². The largest absolute Gasteiger partial charge is 0.465 e. The summed E-state index contributed by atoms with van der Waals surface area (Å²) < 4.78 is 5.73. The molecule has 1 aromatic rings. The highest BCUT2D eigenvalue weighted by atomic mass is 16.3. The highest BCUT2D eigenvalue weighted by Gasteiger charge is 2.14. The molecule has 0 bridgehead atoms. The van der Waals surface area contributed by atoms with Crippen LogP contribution in [0.4, 0.5) is 0 Å². The van der Waals surface area contributed by atoms with E-state index in [1.54, 1.807) is 0 Å². The second-order valence-electron chi connectivity index (χ2n) is 3.98. The SMILES string of the molecule is CCc1oc(C(C)C)c(C)c(=O)c1C. The van der Waals surface area contributed by atoms with Gasteiger partial charge in [0.05, 0.1) is 0 Å². The smallest absolute Gasteiger partial charge is 0.191 e. The second kappa shape index (κ2) is 3.99. The minimum atomic E-state index is 0.136. The van der Waals surface area contributed by atoms with Crippen molar-refractivity contribution in [3.8, 4) is 0 Å². The summed E-state index contributed by atoms with van der Waals surface area (Å²) in [4.78, 5) is 11.8. The summed E-state index contributed by atoms with van der Waals surface area (Å²) >= 11 is 0. The Balaban J connectivity index is 3.49. The van der Waals surface area contributed by atoms with Gasteiger partial charge < -0.3 is 4.42 Å². The van der Waals surface area contributed by atoms with Crippen LogP contribution in [0.5, 0.6) is 0 Å². The van der Waals surface area contributed by atoms with Crippen molar-refractivity contribution >= 4 is 0 Å². The van der Waals surface area contributed by atoms with Crippen LogP contribution in [0.3, 0.4) is 0 Å². The highest BCUT2D eigenvalue weighted by Crippen LogP contribution is 2.19. The standard InChI is InChI=1S/C12H18O2/c1-6-10-8(4)11(13)9(5)12(14-10)7(2)3/h7H,6H2,1-5H3. The number of hydrogen-bond acceptors (Lipinski definition) is 2. The van der Waals surface area contributed by atoms with Gasteiger partial charge in [0.2, 0.25) is 0 Å². The lowest BCUT2D eigenvalue weighted by Gasteiger charge is -2.11. The van der Waals surface area contributed by atoms with Crippen LogP contribution in [-0.2, 0) is 6.42 Å². The molecule has 1 heterocycles. The normalized spacial score (nSPS) is 11.0. The predicted molar refractivity (Wildman–Crippen MR) is 57.9 cm³/mol. The molecule has 0 atom stereocenters. The minimum Gasteiger partial charge on any atom is -0.465 e. The van der Waals surface area contributed by atoms with Crippen LogP contribution >= 0.6 is 0 Å². The van der Waals surface area contributed by atoms with Gasteiger partial charge in [-0.05, 0) is 13.8 Å². The van der Waals surface area contributed by atoms with E-state index in [0.29, 0.717) is 0 Å². The van der Waals surface area contributed by atoms with Crippen molar-refractivity contribution in [1.82, 2.24) is 0 Å². The van der Waals surface area contributed by atoms with Crippen LogP contribution in [0.1, 0.15) is 49.3 Å². The Morgan fingerprint density at radius 3 is 2.21 bits per heavy atom. The molecule has 0 unspecified atom stereocenters. The van der Waals surface area contributed by atoms with Crippen LogP contribution < -0.4 is 5.43 Å². The van der Waals surface area contributed by atoms with Crippen LogP contribution in [-0.4, -0.2) is 0 Å². The second-order valence-corrected chi connectivity index (χ2v) is 3.98. The van der Waals surface area contributed by atoms with Gasteiger partial charge in [-0.3, -0.25) is 4.79 Å². The summed E-state index contributed by atoms with van der Waals surface area (Å²) in [6, 6.07) is 0. The van der Waals surface area contributed by atoms with Crippen molar-refractivity contribution < 1.29 is 4.42 Å². The van der Waals surface area contributed by atoms with Gasteiger partial charge in [0.15, 0.2) is 5.43 Å². The first kappa shape index (κ1) is 11.0. The molecule has 0 amide bonds. The van der Waals surface area contributed by atoms with E-state index in [1.807, 2.05) is 34.6 Å². The molecular weight excluding hydrogens is 176 g/mol. The summed E-state index contributed by atoms with van der Waals surface area (Å²) in [5, 5.41) is 0. The Hall–Kier alpha value is -1.05. The van der Waals surface area contributed by atoms with Gasteiger partial charge in [0.1, 0.15) is 11.5 Å². The first-order valence-electron chi connectivity index (χ1n) is 5.12. The third-order valence-electron chi connectivity index (χ3n) is 2.55. The average molecular weight is 194 g/mol. The zero-order chi connectivity index (χ0) is 10.9. The minimum absolute atomic E-state index is 0.136. The van der Waals surface area contributed by atoms with Crippen LogP contribution in [0.2, 0.25) is 0 Å². The zero-order valence-electron chi connectivity index (χ0n) is 9.60. The molecule has 14 heavy (non-hydrogen) atoms. The molecule has 0 aromatic carbocycles. The van der Waals surface area contributed by atoms with Crippen molar-refractivity contribution in [2.24, 2.45) is 0 Å². The number of aryl methyl sites for hydroxylation is 1. The van der Waals surface area contributed by atoms with E-state index in [9.17, 15) is 4.79 Å². The molecule has 78 valence electrons. The maximum absolute atomic E-state index is 11.8. The lowest BCUT2D eigenvalue weighted by atomic mass is 10.0. The summed E-state index contributed by atoms with van der Waals surface area (Å²) in [6.45, 7) is 9.76. The summed E-state index contributed by atoms with van der Waals surface area (Å²) in [5.41, 5.74) is 1.65. The van der Waals surface area contributed by atoms with Gasteiger partial charge in [-0.2, -0.15) is 0 Å². The maximum atomic E-state index is 11.8. The molecule has 0 radical (unpaired) electrons. The number of rotatable bonds is 2. The Labute approximate surface area is 85.0 Å². The summed E-state index contributed by atoms with van der Waals surface area (Å²) in [5.74, 6) is 1.93. The molecule has 0 fully saturated rings. The van der Waals surface area contributed by atoms with Crippen molar-refractivity contribution in [2.75, 3.05) is 0 Å². The molecule has 0 aliphatic heterocycles. The monoisotopic (exact) mass is 194 g/mol. The van der Waals surface area contributed by atoms with Crippen molar-refractivity contribution in [2.45, 2.75) is 47.0 Å². The topological polar surface area (TPSA) is 30.2 Å². The van der Waals surface area contributed by atoms with Gasteiger partial charge in [0, 0.05) is 23.5 Å². The van der Waals surface area contributed by atoms with Gasteiger partial charge >= 0.3 is 0 Å². The van der Waals surface area contributed by atoms with Crippen molar-refractivity contribution in [1.29, 1.82) is 0 Å². The van der Waals surface area contributed by atoms with Crippen LogP contribution in [0, 0.1) is 13.8 Å². The predicted octanol–water partition coefficient (Wildman–Crippen LogP) is 2.94. The first-order chi connectivity index (χ1) is 6.49. The van der Waals surface area contributed by atoms with E-state index in [1.165, 1.54) is 0 Å². The first-order valence-corrected chi connectivity index (χ1v) is 5.12. The zero-order valence-corrected chi connectivity index (χ0v) is 9.60. The molecule has 0 spiro atoms. The third-order valence-corrected chi connectivity index (χ3v) is 2.55. The molecule has 0 saturated carbocycles. The van der Waals surface area contributed by atoms with E-state index in [2.05, 4.69) is 0 Å². The van der Waals surface area contributed by atoms with Gasteiger partial charge in [-0.25, -0.2) is 0 Å². The van der Waals surface area contributed by atoms with Crippen LogP contribution in [0.15, 0.2) is 9.21 Å². The van der Waals surface area contributed by atoms with Crippen molar-refractivity contribution in [3.63, 3.8) is 0 Å². The molecule has 2 nitrogen and oxygen atoms in total. The van der Waals surface area contributed by atoms with E-state index in [4.69, 9.17) is 4.42 Å². The Kier molecular flexibility index (Phi) is 3.14. The fourth-order valence-corrected chi connectivity index (χ4v) is 1.69. The van der Waals surface area contributed by atoms with Gasteiger partial charge in [0.25, 0.3) is 0 Å². The summed E-state index contributed by atoms with van der Waals surface area (Å²) in [7, 11) is 0. The lowest BCUT2D eigenvalue weighted by Crippen LogP contribution is -2.15. The van der Waals surface area contributed by atoms with Crippen molar-refractivity contribution in [3.05, 3.63) is 32.9 Å². The lowest BCUT2D eigenvalue weighted by molar-refractivity contribution is 0.423. The van der Waals surface area contributed by atoms with E-state index in [-0.39, 0.29) is 11.3 Å². The quantitative estimate of drug-likeness (QED) is 0.724. The number of hydrogen-bond donors (Lipinski definition) is 0. The molecule has 0 aliphatic carbocycles. The van der Waals surface area contributed by atoms with E-state index >= 15 is 0 Å². The molecule has 0 saturated heterocycles. The molecular formula is C12H18O2. The van der Waals surface area contributed by atoms with E-state index < -0.39 is 0 Å². The molecule has 0 aliphatic rings. The third kappa shape index (κ3) is 1.74. The molecule has 2 heteroatoms.